The second-order valence-electron chi connectivity index (χ2n) is 9.99. The molecule has 2 N–H and O–H groups in total. The lowest BCUT2D eigenvalue weighted by Gasteiger charge is -2.33. The van der Waals surface area contributed by atoms with Crippen LogP contribution in [-0.2, 0) is 20.0 Å². The van der Waals surface area contributed by atoms with E-state index in [1.54, 1.807) is 6.07 Å². The van der Waals surface area contributed by atoms with Gasteiger partial charge in [0.15, 0.2) is 0 Å². The number of benzene rings is 3. The lowest BCUT2D eigenvalue weighted by Crippen LogP contribution is -2.39. The van der Waals surface area contributed by atoms with Crippen LogP contribution < -0.4 is 10.0 Å². The number of nitrogens with one attached hydrogen (secondary N) is 2. The van der Waals surface area contributed by atoms with Gasteiger partial charge in [-0.25, -0.2) is 25.6 Å². The molecule has 4 aromatic rings. The van der Waals surface area contributed by atoms with Gasteiger partial charge in [0.25, 0.3) is 5.91 Å². The molecule has 1 amide bonds. The molecule has 1 atom stereocenters. The van der Waals surface area contributed by atoms with E-state index < -0.39 is 43.5 Å². The van der Waals surface area contributed by atoms with Gasteiger partial charge in [0.1, 0.15) is 23.0 Å². The number of rotatable bonds is 8. The third-order valence-corrected chi connectivity index (χ3v) is 10.5. The van der Waals surface area contributed by atoms with E-state index in [0.29, 0.717) is 29.4 Å². The first kappa shape index (κ1) is 29.7. The molecule has 1 aliphatic heterocycles. The molecular weight excluding hydrogens is 588 g/mol. The maximum absolute atomic E-state index is 13.9. The van der Waals surface area contributed by atoms with Crippen LogP contribution in [0.2, 0.25) is 0 Å². The van der Waals surface area contributed by atoms with Crippen molar-refractivity contribution in [3.8, 4) is 11.3 Å². The predicted octanol–water partition coefficient (Wildman–Crippen LogP) is 5.07. The molecule has 222 valence electrons. The van der Waals surface area contributed by atoms with Crippen LogP contribution in [0.1, 0.15) is 41.6 Å². The van der Waals surface area contributed by atoms with Crippen molar-refractivity contribution in [3.05, 3.63) is 83.4 Å². The van der Waals surface area contributed by atoms with E-state index in [1.807, 2.05) is 0 Å². The standard InChI is InChI=1S/C29H29F2N3O6S2/c1-3-41(36,37)33-25-16-26-24(27(29(35)32-2)28(40-26)18-9-11-20(30)12-10-18)15-23(25)19-6-5-13-34(17-19)42(38,39)22-8-4-7-21(31)14-22/h4,7-12,14-16,19,33H,3,5-6,13,17H2,1-2H3,(H,32,35)/t19-/m1/s1. The summed E-state index contributed by atoms with van der Waals surface area (Å²) >= 11 is 0. The maximum Gasteiger partial charge on any atom is 0.255 e. The van der Waals surface area contributed by atoms with E-state index in [9.17, 15) is 30.4 Å². The smallest absolute Gasteiger partial charge is 0.255 e. The molecule has 0 spiro atoms. The molecule has 1 saturated heterocycles. The topological polar surface area (TPSA) is 126 Å². The van der Waals surface area contributed by atoms with Gasteiger partial charge in [0.05, 0.1) is 21.9 Å². The van der Waals surface area contributed by atoms with Gasteiger partial charge in [0, 0.05) is 37.2 Å². The average molecular weight is 618 g/mol. The largest absolute Gasteiger partial charge is 0.455 e. The van der Waals surface area contributed by atoms with E-state index in [-0.39, 0.29) is 46.3 Å². The Morgan fingerprint density at radius 3 is 2.43 bits per heavy atom. The molecule has 5 rings (SSSR count). The summed E-state index contributed by atoms with van der Waals surface area (Å²) in [6.45, 7) is 1.69. The maximum atomic E-state index is 13.9. The van der Waals surface area contributed by atoms with Gasteiger partial charge in [-0.15, -0.1) is 0 Å². The second kappa shape index (κ2) is 11.5. The third-order valence-electron chi connectivity index (χ3n) is 7.32. The van der Waals surface area contributed by atoms with E-state index in [0.717, 1.165) is 12.1 Å². The fourth-order valence-corrected chi connectivity index (χ4v) is 7.38. The van der Waals surface area contributed by atoms with Crippen molar-refractivity contribution in [1.29, 1.82) is 0 Å². The number of nitrogens with zero attached hydrogens (tertiary/aromatic N) is 1. The summed E-state index contributed by atoms with van der Waals surface area (Å²) in [5.74, 6) is -2.13. The summed E-state index contributed by atoms with van der Waals surface area (Å²) in [6.07, 6.45) is 0.991. The fraction of sp³-hybridized carbons (Fsp3) is 0.276. The zero-order valence-electron chi connectivity index (χ0n) is 22.9. The number of hydrogen-bond acceptors (Lipinski definition) is 6. The Kier molecular flexibility index (Phi) is 8.10. The molecule has 3 aromatic carbocycles. The lowest BCUT2D eigenvalue weighted by atomic mass is 9.89. The summed E-state index contributed by atoms with van der Waals surface area (Å²) in [5, 5.41) is 2.97. The molecule has 1 aliphatic rings. The summed E-state index contributed by atoms with van der Waals surface area (Å²) in [4.78, 5) is 12.9. The molecule has 0 radical (unpaired) electrons. The molecule has 0 saturated carbocycles. The van der Waals surface area contributed by atoms with Crippen molar-refractivity contribution in [2.45, 2.75) is 30.6 Å². The summed E-state index contributed by atoms with van der Waals surface area (Å²) in [6, 6.07) is 13.3. The number of fused-ring (bicyclic) bond motifs is 1. The minimum atomic E-state index is -4.04. The molecular formula is C29H29F2N3O6S2. The number of sulfonamides is 2. The van der Waals surface area contributed by atoms with E-state index in [4.69, 9.17) is 4.42 Å². The van der Waals surface area contributed by atoms with E-state index >= 15 is 0 Å². The highest BCUT2D eigenvalue weighted by atomic mass is 32.2. The number of carbonyl (C=O) groups excluding carboxylic acids is 1. The van der Waals surface area contributed by atoms with Crippen LogP contribution in [0, 0.1) is 11.6 Å². The summed E-state index contributed by atoms with van der Waals surface area (Å²) < 4.78 is 89.6. The van der Waals surface area contributed by atoms with Crippen LogP contribution in [-0.4, -0.2) is 52.9 Å². The first-order valence-electron chi connectivity index (χ1n) is 13.3. The SMILES string of the molecule is CCS(=O)(=O)Nc1cc2oc(-c3ccc(F)cc3)c(C(=O)NC)c2cc1[C@@H]1CCCN(S(=O)(=O)c2cccc(F)c2)C1. The molecule has 0 bridgehead atoms. The van der Waals surface area contributed by atoms with Gasteiger partial charge < -0.3 is 9.73 Å². The highest BCUT2D eigenvalue weighted by Gasteiger charge is 2.33. The van der Waals surface area contributed by atoms with Crippen molar-refractivity contribution in [3.63, 3.8) is 0 Å². The number of amides is 1. The molecule has 42 heavy (non-hydrogen) atoms. The van der Waals surface area contributed by atoms with E-state index in [1.165, 1.54) is 60.7 Å². The van der Waals surface area contributed by atoms with Crippen molar-refractivity contribution >= 4 is 42.6 Å². The molecule has 2 heterocycles. The first-order valence-corrected chi connectivity index (χ1v) is 16.4. The van der Waals surface area contributed by atoms with Crippen LogP contribution in [0.5, 0.6) is 0 Å². The molecule has 13 heteroatoms. The molecule has 9 nitrogen and oxygen atoms in total. The van der Waals surface area contributed by atoms with Crippen LogP contribution in [0.25, 0.3) is 22.3 Å². The Balaban J connectivity index is 1.66. The fourth-order valence-electron chi connectivity index (χ4n) is 5.17. The van der Waals surface area contributed by atoms with Gasteiger partial charge >= 0.3 is 0 Å². The normalized spacial score (nSPS) is 16.4. The zero-order valence-corrected chi connectivity index (χ0v) is 24.5. The Bertz CT molecular complexity index is 1870. The minimum Gasteiger partial charge on any atom is -0.455 e. The van der Waals surface area contributed by atoms with Crippen molar-refractivity contribution < 1.29 is 34.8 Å². The van der Waals surface area contributed by atoms with Gasteiger partial charge in [-0.05, 0) is 79.8 Å². The van der Waals surface area contributed by atoms with Crippen LogP contribution in [0.3, 0.4) is 0 Å². The number of piperidine rings is 1. The van der Waals surface area contributed by atoms with Crippen LogP contribution in [0.4, 0.5) is 14.5 Å². The van der Waals surface area contributed by atoms with Gasteiger partial charge in [-0.2, -0.15) is 4.31 Å². The number of carbonyl (C=O) groups is 1. The van der Waals surface area contributed by atoms with Gasteiger partial charge in [-0.1, -0.05) is 6.07 Å². The van der Waals surface area contributed by atoms with E-state index in [2.05, 4.69) is 10.0 Å². The molecule has 0 aliphatic carbocycles. The number of hydrogen-bond donors (Lipinski definition) is 2. The number of anilines is 1. The Labute approximate surface area is 242 Å². The molecule has 0 unspecified atom stereocenters. The predicted molar refractivity (Wildman–Crippen MR) is 155 cm³/mol. The summed E-state index contributed by atoms with van der Waals surface area (Å²) in [5.41, 5.74) is 1.50. The van der Waals surface area contributed by atoms with Crippen LogP contribution >= 0.6 is 0 Å². The lowest BCUT2D eigenvalue weighted by molar-refractivity contribution is 0.0964. The number of halogens is 2. The second-order valence-corrected chi connectivity index (χ2v) is 13.9. The van der Waals surface area contributed by atoms with Crippen molar-refractivity contribution in [2.75, 3.05) is 30.6 Å². The number of furan rings is 1. The summed E-state index contributed by atoms with van der Waals surface area (Å²) in [7, 11) is -6.34. The molecule has 1 aromatic heterocycles. The van der Waals surface area contributed by atoms with Crippen molar-refractivity contribution in [2.24, 2.45) is 0 Å². The minimum absolute atomic E-state index is 0.00316. The highest BCUT2D eigenvalue weighted by molar-refractivity contribution is 7.92. The Morgan fingerprint density at radius 2 is 1.76 bits per heavy atom. The van der Waals surface area contributed by atoms with Gasteiger partial charge in [-0.3, -0.25) is 9.52 Å². The average Bonchev–Trinajstić information content (AvgIpc) is 3.35. The van der Waals surface area contributed by atoms with Crippen LogP contribution in [0.15, 0.2) is 70.0 Å². The van der Waals surface area contributed by atoms with Crippen molar-refractivity contribution in [1.82, 2.24) is 9.62 Å². The zero-order chi connectivity index (χ0) is 30.2. The quantitative estimate of drug-likeness (QED) is 0.285. The highest BCUT2D eigenvalue weighted by Crippen LogP contribution is 2.41. The third kappa shape index (κ3) is 5.76. The molecule has 1 fully saturated rings. The monoisotopic (exact) mass is 617 g/mol. The van der Waals surface area contributed by atoms with Gasteiger partial charge in [0.2, 0.25) is 20.0 Å². The first-order chi connectivity index (χ1) is 19.9. The Morgan fingerprint density at radius 1 is 1.02 bits per heavy atom. The Hall–Kier alpha value is -3.81.